The molecule has 0 radical (unpaired) electrons. The van der Waals surface area contributed by atoms with Gasteiger partial charge in [-0.1, -0.05) is 23.2 Å². The Morgan fingerprint density at radius 2 is 1.69 bits per heavy atom. The minimum absolute atomic E-state index is 0.295. The van der Waals surface area contributed by atoms with Gasteiger partial charge in [0.05, 0.1) is 22.5 Å². The monoisotopic (exact) mass is 427 g/mol. The molecule has 1 saturated heterocycles. The molecule has 3 aromatic rings. The molecule has 148 valence electrons. The van der Waals surface area contributed by atoms with E-state index in [9.17, 15) is 4.79 Å². The van der Waals surface area contributed by atoms with Gasteiger partial charge in [0.15, 0.2) is 5.82 Å². The molecule has 4 rings (SSSR count). The van der Waals surface area contributed by atoms with E-state index in [1.165, 1.54) is 12.8 Å². The van der Waals surface area contributed by atoms with E-state index in [-0.39, 0.29) is 5.91 Å². The van der Waals surface area contributed by atoms with Gasteiger partial charge < -0.3 is 15.5 Å². The summed E-state index contributed by atoms with van der Waals surface area (Å²) in [7, 11) is 0. The molecule has 1 aromatic heterocycles. The van der Waals surface area contributed by atoms with Crippen molar-refractivity contribution in [2.75, 3.05) is 28.6 Å². The summed E-state index contributed by atoms with van der Waals surface area (Å²) in [4.78, 5) is 14.7. The second kappa shape index (κ2) is 8.68. The molecule has 2 N–H and O–H groups in total. The highest BCUT2D eigenvalue weighted by Crippen LogP contribution is 2.25. The van der Waals surface area contributed by atoms with Crippen molar-refractivity contribution in [3.8, 4) is 0 Å². The molecule has 2 aromatic carbocycles. The molecule has 0 atom stereocenters. The van der Waals surface area contributed by atoms with Crippen molar-refractivity contribution in [3.05, 3.63) is 70.3 Å². The number of carbonyl (C=O) groups excluding carboxylic acids is 1. The molecule has 0 spiro atoms. The molecule has 2 heterocycles. The number of rotatable bonds is 5. The number of hydrogen-bond acceptors (Lipinski definition) is 5. The van der Waals surface area contributed by atoms with Crippen LogP contribution in [0.2, 0.25) is 10.0 Å². The second-order valence-electron chi connectivity index (χ2n) is 6.77. The van der Waals surface area contributed by atoms with Crippen LogP contribution in [0.15, 0.2) is 54.7 Å². The fourth-order valence-electron chi connectivity index (χ4n) is 3.22. The number of aromatic nitrogens is 2. The van der Waals surface area contributed by atoms with E-state index in [2.05, 4.69) is 25.7 Å². The van der Waals surface area contributed by atoms with Crippen molar-refractivity contribution >= 4 is 52.0 Å². The first-order chi connectivity index (χ1) is 14.1. The third kappa shape index (κ3) is 4.78. The molecular weight excluding hydrogens is 409 g/mol. The van der Waals surface area contributed by atoms with Crippen LogP contribution in [-0.2, 0) is 0 Å². The summed E-state index contributed by atoms with van der Waals surface area (Å²) in [6.07, 6.45) is 4.20. The predicted molar refractivity (Wildman–Crippen MR) is 118 cm³/mol. The lowest BCUT2D eigenvalue weighted by Crippen LogP contribution is -2.18. The molecule has 0 saturated carbocycles. The highest BCUT2D eigenvalue weighted by atomic mass is 35.5. The van der Waals surface area contributed by atoms with Crippen LogP contribution < -0.4 is 15.5 Å². The van der Waals surface area contributed by atoms with Gasteiger partial charge in [-0.15, -0.1) is 5.10 Å². The maximum atomic E-state index is 12.4. The van der Waals surface area contributed by atoms with Gasteiger partial charge in [0, 0.05) is 35.6 Å². The Labute approximate surface area is 178 Å². The van der Waals surface area contributed by atoms with E-state index in [1.807, 2.05) is 30.3 Å². The normalized spacial score (nSPS) is 13.4. The Morgan fingerprint density at radius 3 is 2.41 bits per heavy atom. The molecule has 8 heteroatoms. The topological polar surface area (TPSA) is 70.2 Å². The van der Waals surface area contributed by atoms with E-state index in [4.69, 9.17) is 23.2 Å². The van der Waals surface area contributed by atoms with Crippen molar-refractivity contribution in [2.45, 2.75) is 12.8 Å². The van der Waals surface area contributed by atoms with Gasteiger partial charge in [-0.05, 0) is 55.3 Å². The largest absolute Gasteiger partial charge is 0.370 e. The van der Waals surface area contributed by atoms with Crippen LogP contribution in [0.25, 0.3) is 0 Å². The van der Waals surface area contributed by atoms with Crippen LogP contribution in [0.1, 0.15) is 23.2 Å². The average molecular weight is 428 g/mol. The first-order valence-corrected chi connectivity index (χ1v) is 10.1. The van der Waals surface area contributed by atoms with E-state index in [1.54, 1.807) is 24.4 Å². The van der Waals surface area contributed by atoms with Gasteiger partial charge in [-0.3, -0.25) is 4.79 Å². The fourth-order valence-corrected chi connectivity index (χ4v) is 3.72. The fraction of sp³-hybridized carbons (Fsp3) is 0.190. The number of amides is 1. The molecular formula is C21H19Cl2N5O. The van der Waals surface area contributed by atoms with Crippen molar-refractivity contribution in [1.82, 2.24) is 10.2 Å². The summed E-state index contributed by atoms with van der Waals surface area (Å²) in [5.74, 6) is 0.385. The maximum absolute atomic E-state index is 12.4. The average Bonchev–Trinajstić information content (AvgIpc) is 3.24. The zero-order chi connectivity index (χ0) is 20.2. The number of hydrogen-bond donors (Lipinski definition) is 2. The molecule has 0 bridgehead atoms. The highest BCUT2D eigenvalue weighted by Gasteiger charge is 2.14. The quantitative estimate of drug-likeness (QED) is 0.571. The number of halogens is 2. The molecule has 0 unspecified atom stereocenters. The van der Waals surface area contributed by atoms with Crippen LogP contribution >= 0.6 is 23.2 Å². The summed E-state index contributed by atoms with van der Waals surface area (Å²) in [5.41, 5.74) is 2.94. The zero-order valence-electron chi connectivity index (χ0n) is 15.5. The lowest BCUT2D eigenvalue weighted by Gasteiger charge is -2.17. The molecule has 6 nitrogen and oxygen atoms in total. The zero-order valence-corrected chi connectivity index (χ0v) is 17.0. The molecule has 1 fully saturated rings. The number of nitrogens with zero attached hydrogens (tertiary/aromatic N) is 3. The van der Waals surface area contributed by atoms with Gasteiger partial charge >= 0.3 is 0 Å². The molecule has 29 heavy (non-hydrogen) atoms. The standard InChI is InChI=1S/C21H19Cl2N5O/c22-14-3-8-18(19(23)11-14)21(29)26-16-6-4-15(5-7-16)25-20-12-17(13-24-27-20)28-9-1-2-10-28/h3-8,11-13H,1-2,9-10H2,(H,25,27)(H,26,29). The Balaban J connectivity index is 1.41. The highest BCUT2D eigenvalue weighted by molar-refractivity contribution is 6.37. The van der Waals surface area contributed by atoms with Crippen LogP contribution in [0.3, 0.4) is 0 Å². The van der Waals surface area contributed by atoms with Crippen molar-refractivity contribution in [1.29, 1.82) is 0 Å². The van der Waals surface area contributed by atoms with Crippen LogP contribution in [-0.4, -0.2) is 29.2 Å². The molecule has 1 amide bonds. The summed E-state index contributed by atoms with van der Waals surface area (Å²) >= 11 is 12.0. The maximum Gasteiger partial charge on any atom is 0.257 e. The first-order valence-electron chi connectivity index (χ1n) is 9.30. The molecule has 1 aliphatic heterocycles. The number of anilines is 4. The van der Waals surface area contributed by atoms with Crippen LogP contribution in [0.5, 0.6) is 0 Å². The van der Waals surface area contributed by atoms with E-state index in [0.29, 0.717) is 27.1 Å². The summed E-state index contributed by atoms with van der Waals surface area (Å²) in [6.45, 7) is 2.11. The van der Waals surface area contributed by atoms with Crippen molar-refractivity contribution < 1.29 is 4.79 Å². The second-order valence-corrected chi connectivity index (χ2v) is 7.62. The van der Waals surface area contributed by atoms with Crippen LogP contribution in [0, 0.1) is 0 Å². The van der Waals surface area contributed by atoms with Gasteiger partial charge in [-0.25, -0.2) is 0 Å². The minimum atomic E-state index is -0.295. The number of carbonyl (C=O) groups is 1. The Bertz CT molecular complexity index is 1020. The summed E-state index contributed by atoms with van der Waals surface area (Å²) in [6, 6.07) is 14.1. The third-order valence-electron chi connectivity index (χ3n) is 4.70. The predicted octanol–water partition coefficient (Wildman–Crippen LogP) is 5.38. The molecule has 0 aliphatic carbocycles. The van der Waals surface area contributed by atoms with Crippen molar-refractivity contribution in [2.24, 2.45) is 0 Å². The van der Waals surface area contributed by atoms with Gasteiger partial charge in [-0.2, -0.15) is 5.10 Å². The third-order valence-corrected chi connectivity index (χ3v) is 5.25. The van der Waals surface area contributed by atoms with E-state index >= 15 is 0 Å². The summed E-state index contributed by atoms with van der Waals surface area (Å²) < 4.78 is 0. The van der Waals surface area contributed by atoms with Gasteiger partial charge in [0.2, 0.25) is 0 Å². The van der Waals surface area contributed by atoms with Crippen LogP contribution in [0.4, 0.5) is 22.9 Å². The number of nitrogens with one attached hydrogen (secondary N) is 2. The minimum Gasteiger partial charge on any atom is -0.370 e. The van der Waals surface area contributed by atoms with Crippen molar-refractivity contribution in [3.63, 3.8) is 0 Å². The number of benzene rings is 2. The van der Waals surface area contributed by atoms with Gasteiger partial charge in [0.1, 0.15) is 0 Å². The van der Waals surface area contributed by atoms with E-state index < -0.39 is 0 Å². The van der Waals surface area contributed by atoms with Gasteiger partial charge in [0.25, 0.3) is 5.91 Å². The summed E-state index contributed by atoms with van der Waals surface area (Å²) in [5, 5.41) is 15.1. The Hall–Kier alpha value is -2.83. The SMILES string of the molecule is O=C(Nc1ccc(Nc2cc(N3CCCC3)cnn2)cc1)c1ccc(Cl)cc1Cl. The van der Waals surface area contributed by atoms with E-state index in [0.717, 1.165) is 24.5 Å². The lowest BCUT2D eigenvalue weighted by atomic mass is 10.2. The molecule has 1 aliphatic rings. The lowest BCUT2D eigenvalue weighted by molar-refractivity contribution is 0.102. The Morgan fingerprint density at radius 1 is 0.966 bits per heavy atom. The Kier molecular flexibility index (Phi) is 5.83. The smallest absolute Gasteiger partial charge is 0.257 e. The first kappa shape index (κ1) is 19.5.